The molecule has 3 aliphatic rings. The van der Waals surface area contributed by atoms with Gasteiger partial charge in [0, 0.05) is 31.1 Å². The molecule has 1 aromatic heterocycles. The van der Waals surface area contributed by atoms with E-state index in [4.69, 9.17) is 9.57 Å². The van der Waals surface area contributed by atoms with Crippen LogP contribution in [0.5, 0.6) is 0 Å². The number of aromatic nitrogens is 1. The molecule has 0 radical (unpaired) electrons. The summed E-state index contributed by atoms with van der Waals surface area (Å²) in [6, 6.07) is 0. The first-order valence-electron chi connectivity index (χ1n) is 8.41. The van der Waals surface area contributed by atoms with Gasteiger partial charge in [0.05, 0.1) is 32.9 Å². The van der Waals surface area contributed by atoms with Crippen LogP contribution in [0, 0.1) is 17.8 Å². The Balaban J connectivity index is 1.36. The van der Waals surface area contributed by atoms with Gasteiger partial charge in [0.2, 0.25) is 5.91 Å². The number of carbonyl (C=O) groups is 1. The van der Waals surface area contributed by atoms with Gasteiger partial charge in [-0.1, -0.05) is 0 Å². The first-order valence-corrected chi connectivity index (χ1v) is 9.29. The quantitative estimate of drug-likeness (QED) is 0.831. The summed E-state index contributed by atoms with van der Waals surface area (Å²) in [7, 11) is 0. The highest BCUT2D eigenvalue weighted by molar-refractivity contribution is 7.09. The zero-order valence-corrected chi connectivity index (χ0v) is 14.0. The molecule has 4 rings (SSSR count). The van der Waals surface area contributed by atoms with E-state index >= 15 is 0 Å². The Hall–Kier alpha value is -1.02. The third-order valence-corrected chi connectivity index (χ3v) is 5.91. The molecule has 0 aliphatic carbocycles. The van der Waals surface area contributed by atoms with E-state index in [9.17, 15) is 4.79 Å². The fraction of sp³-hybridized carbons (Fsp3) is 0.750. The summed E-state index contributed by atoms with van der Waals surface area (Å²) in [4.78, 5) is 24.6. The molecular weight excluding hydrogens is 314 g/mol. The molecule has 0 unspecified atom stereocenters. The van der Waals surface area contributed by atoms with Crippen LogP contribution in [0.4, 0.5) is 0 Å². The fourth-order valence-electron chi connectivity index (χ4n) is 4.03. The number of thiazole rings is 1. The minimum Gasteiger partial charge on any atom is -0.381 e. The highest BCUT2D eigenvalue weighted by atomic mass is 32.1. The number of ether oxygens (including phenoxy) is 1. The topological polar surface area (TPSA) is 54.9 Å². The summed E-state index contributed by atoms with van der Waals surface area (Å²) in [6.07, 6.45) is 3.36. The molecule has 0 bridgehead atoms. The molecule has 126 valence electrons. The van der Waals surface area contributed by atoms with Crippen molar-refractivity contribution in [2.45, 2.75) is 19.4 Å². The number of carbonyl (C=O) groups excluding carboxylic acids is 1. The first kappa shape index (κ1) is 15.5. The highest BCUT2D eigenvalue weighted by Crippen LogP contribution is 2.36. The van der Waals surface area contributed by atoms with Crippen LogP contribution in [0.15, 0.2) is 11.6 Å². The van der Waals surface area contributed by atoms with Crippen LogP contribution in [0.2, 0.25) is 0 Å². The number of hydrogen-bond acceptors (Lipinski definition) is 6. The number of hydrogen-bond donors (Lipinski definition) is 0. The number of fused-ring (bicyclic) bond motifs is 1. The second-order valence-electron chi connectivity index (χ2n) is 6.73. The molecule has 3 fully saturated rings. The standard InChI is InChI=1S/C16H23N3O3S/c20-16(19-3-1-4-22-19)6-12-10-21-11-13-7-18(8-14(12)13)9-15-17-2-5-23-15/h2,5,12-14H,1,3-4,6-11H2/t12-,13-,14+/m1/s1. The molecule has 6 nitrogen and oxygen atoms in total. The van der Waals surface area contributed by atoms with Crippen LogP contribution in [-0.2, 0) is 20.9 Å². The minimum absolute atomic E-state index is 0.120. The molecule has 0 N–H and O–H groups in total. The van der Waals surface area contributed by atoms with Crippen molar-refractivity contribution in [3.05, 3.63) is 16.6 Å². The van der Waals surface area contributed by atoms with Crippen molar-refractivity contribution >= 4 is 17.2 Å². The van der Waals surface area contributed by atoms with E-state index in [1.165, 1.54) is 5.01 Å². The predicted octanol–water partition coefficient (Wildman–Crippen LogP) is 1.39. The molecule has 1 amide bonds. The Morgan fingerprint density at radius 1 is 1.39 bits per heavy atom. The van der Waals surface area contributed by atoms with Gasteiger partial charge in [0.1, 0.15) is 5.01 Å². The predicted molar refractivity (Wildman–Crippen MR) is 85.6 cm³/mol. The Morgan fingerprint density at radius 3 is 3.13 bits per heavy atom. The number of amides is 1. The second-order valence-corrected chi connectivity index (χ2v) is 7.71. The monoisotopic (exact) mass is 337 g/mol. The smallest absolute Gasteiger partial charge is 0.246 e. The van der Waals surface area contributed by atoms with E-state index in [1.807, 2.05) is 11.6 Å². The maximum absolute atomic E-state index is 12.4. The van der Waals surface area contributed by atoms with Crippen molar-refractivity contribution < 1.29 is 14.4 Å². The lowest BCUT2D eigenvalue weighted by atomic mass is 9.81. The van der Waals surface area contributed by atoms with Crippen molar-refractivity contribution in [2.75, 3.05) is 39.5 Å². The van der Waals surface area contributed by atoms with Crippen LogP contribution >= 0.6 is 11.3 Å². The summed E-state index contributed by atoms with van der Waals surface area (Å²) in [5.41, 5.74) is 0. The van der Waals surface area contributed by atoms with Crippen molar-refractivity contribution in [1.29, 1.82) is 0 Å². The summed E-state index contributed by atoms with van der Waals surface area (Å²) < 4.78 is 5.79. The Labute approximate surface area is 140 Å². The molecule has 3 atom stereocenters. The van der Waals surface area contributed by atoms with Gasteiger partial charge in [0.15, 0.2) is 0 Å². The van der Waals surface area contributed by atoms with E-state index in [2.05, 4.69) is 9.88 Å². The summed E-state index contributed by atoms with van der Waals surface area (Å²) in [5, 5.41) is 4.74. The van der Waals surface area contributed by atoms with Gasteiger partial charge < -0.3 is 4.74 Å². The third-order valence-electron chi connectivity index (χ3n) is 5.15. The molecular formula is C16H23N3O3S. The van der Waals surface area contributed by atoms with Crippen molar-refractivity contribution in [3.8, 4) is 0 Å². The molecule has 1 aromatic rings. The minimum atomic E-state index is 0.120. The SMILES string of the molecule is O=C(C[C@@H]1COC[C@H]2CN(Cc3nccs3)C[C@@H]12)N1CCCO1. The van der Waals surface area contributed by atoms with Gasteiger partial charge in [-0.25, -0.2) is 10.0 Å². The van der Waals surface area contributed by atoms with E-state index < -0.39 is 0 Å². The number of likely N-dealkylation sites (tertiary alicyclic amines) is 1. The van der Waals surface area contributed by atoms with Crippen LogP contribution < -0.4 is 0 Å². The lowest BCUT2D eigenvalue weighted by Crippen LogP contribution is -2.38. The second kappa shape index (κ2) is 6.84. The molecule has 23 heavy (non-hydrogen) atoms. The molecule has 0 spiro atoms. The lowest BCUT2D eigenvalue weighted by Gasteiger charge is -2.33. The van der Waals surface area contributed by atoms with E-state index in [0.717, 1.165) is 39.2 Å². The normalized spacial score (nSPS) is 31.5. The fourth-order valence-corrected chi connectivity index (χ4v) is 4.68. The first-order chi connectivity index (χ1) is 11.3. The zero-order chi connectivity index (χ0) is 15.6. The average molecular weight is 337 g/mol. The van der Waals surface area contributed by atoms with Crippen LogP contribution in [-0.4, -0.2) is 60.3 Å². The number of rotatable bonds is 4. The average Bonchev–Trinajstić information content (AvgIpc) is 3.29. The molecule has 7 heteroatoms. The van der Waals surface area contributed by atoms with Gasteiger partial charge in [-0.2, -0.15) is 0 Å². The molecule has 4 heterocycles. The summed E-state index contributed by atoms with van der Waals surface area (Å²) in [6.45, 7) is 5.94. The van der Waals surface area contributed by atoms with Crippen molar-refractivity contribution in [2.24, 2.45) is 17.8 Å². The van der Waals surface area contributed by atoms with Gasteiger partial charge in [-0.05, 0) is 24.2 Å². The molecule has 0 saturated carbocycles. The van der Waals surface area contributed by atoms with Gasteiger partial charge >= 0.3 is 0 Å². The molecule has 0 aromatic carbocycles. The van der Waals surface area contributed by atoms with Crippen molar-refractivity contribution in [3.63, 3.8) is 0 Å². The van der Waals surface area contributed by atoms with Crippen LogP contribution in [0.1, 0.15) is 17.8 Å². The molecule has 3 aliphatic heterocycles. The third kappa shape index (κ3) is 3.42. The Kier molecular flexibility index (Phi) is 4.61. The Morgan fingerprint density at radius 2 is 2.35 bits per heavy atom. The van der Waals surface area contributed by atoms with E-state index in [1.54, 1.807) is 16.4 Å². The van der Waals surface area contributed by atoms with E-state index in [0.29, 0.717) is 37.4 Å². The molecule has 3 saturated heterocycles. The summed E-state index contributed by atoms with van der Waals surface area (Å²) in [5.74, 6) is 1.53. The van der Waals surface area contributed by atoms with Crippen molar-refractivity contribution in [1.82, 2.24) is 14.9 Å². The zero-order valence-electron chi connectivity index (χ0n) is 13.2. The van der Waals surface area contributed by atoms with Crippen LogP contribution in [0.25, 0.3) is 0 Å². The Bertz CT molecular complexity index is 533. The van der Waals surface area contributed by atoms with E-state index in [-0.39, 0.29) is 5.91 Å². The maximum Gasteiger partial charge on any atom is 0.246 e. The highest BCUT2D eigenvalue weighted by Gasteiger charge is 2.42. The van der Waals surface area contributed by atoms with Crippen LogP contribution in [0.3, 0.4) is 0 Å². The number of hydroxylamine groups is 2. The maximum atomic E-state index is 12.4. The summed E-state index contributed by atoms with van der Waals surface area (Å²) >= 11 is 1.71. The number of nitrogens with zero attached hydrogens (tertiary/aromatic N) is 3. The lowest BCUT2D eigenvalue weighted by molar-refractivity contribution is -0.171. The largest absolute Gasteiger partial charge is 0.381 e. The van der Waals surface area contributed by atoms with Gasteiger partial charge in [-0.3, -0.25) is 14.5 Å². The van der Waals surface area contributed by atoms with Gasteiger partial charge in [-0.15, -0.1) is 11.3 Å². The van der Waals surface area contributed by atoms with Gasteiger partial charge in [0.25, 0.3) is 0 Å².